The molecule has 0 spiro atoms. The van der Waals surface area contributed by atoms with Gasteiger partial charge in [-0.05, 0) is 52.4 Å². The highest BCUT2D eigenvalue weighted by atomic mass is 15.3. The van der Waals surface area contributed by atoms with Crippen LogP contribution < -0.4 is 0 Å². The van der Waals surface area contributed by atoms with Crippen LogP contribution in [0.1, 0.15) is 32.3 Å². The molecule has 2 aliphatic heterocycles. The molecule has 0 unspecified atom stereocenters. The minimum absolute atomic E-state index is 0.404. The molecule has 0 aliphatic carbocycles. The molecule has 0 saturated carbocycles. The Bertz CT molecular complexity index is 428. The third kappa shape index (κ3) is 2.11. The number of hydrogen-bond acceptors (Lipinski definition) is 2. The average molecular weight is 258 g/mol. The lowest BCUT2D eigenvalue weighted by molar-refractivity contribution is 0.0761. The molecule has 3 rings (SSSR count). The molecule has 2 saturated heterocycles. The van der Waals surface area contributed by atoms with Crippen LogP contribution in [0.25, 0.3) is 0 Å². The predicted molar refractivity (Wildman–Crippen MR) is 80.5 cm³/mol. The van der Waals surface area contributed by atoms with Gasteiger partial charge in [0.15, 0.2) is 0 Å². The second-order valence-electron chi connectivity index (χ2n) is 6.61. The molecular formula is C17H26N2. The highest BCUT2D eigenvalue weighted by molar-refractivity contribution is 5.31. The first-order valence-corrected chi connectivity index (χ1v) is 7.63. The zero-order valence-corrected chi connectivity index (χ0v) is 12.5. The standard InChI is InChI=1S/C17H26N2/c1-14(2)19-12-10-17(15-7-5-4-6-8-15)9-11-18(3)16(17)13-19/h4-8,14,16H,9-13H2,1-3H3/t16-,17-/m0/s1. The van der Waals surface area contributed by atoms with E-state index >= 15 is 0 Å². The van der Waals surface area contributed by atoms with Gasteiger partial charge in [0, 0.05) is 24.0 Å². The van der Waals surface area contributed by atoms with E-state index in [1.165, 1.54) is 32.5 Å². The van der Waals surface area contributed by atoms with E-state index in [0.29, 0.717) is 17.5 Å². The van der Waals surface area contributed by atoms with Crippen molar-refractivity contribution >= 4 is 0 Å². The molecule has 2 aliphatic rings. The summed E-state index contributed by atoms with van der Waals surface area (Å²) in [7, 11) is 2.30. The molecule has 104 valence electrons. The van der Waals surface area contributed by atoms with E-state index < -0.39 is 0 Å². The average Bonchev–Trinajstić information content (AvgIpc) is 2.78. The Labute approximate surface area is 117 Å². The number of rotatable bonds is 2. The number of benzene rings is 1. The lowest BCUT2D eigenvalue weighted by Crippen LogP contribution is -2.56. The molecular weight excluding hydrogens is 232 g/mol. The number of nitrogens with zero attached hydrogens (tertiary/aromatic N) is 2. The number of likely N-dealkylation sites (N-methyl/N-ethyl adjacent to an activating group) is 1. The van der Waals surface area contributed by atoms with Crippen LogP contribution >= 0.6 is 0 Å². The fourth-order valence-corrected chi connectivity index (χ4v) is 4.10. The van der Waals surface area contributed by atoms with Crippen LogP contribution in [0.2, 0.25) is 0 Å². The Morgan fingerprint density at radius 3 is 2.47 bits per heavy atom. The quantitative estimate of drug-likeness (QED) is 0.805. The number of hydrogen-bond donors (Lipinski definition) is 0. The molecule has 0 aromatic heterocycles. The second-order valence-corrected chi connectivity index (χ2v) is 6.61. The van der Waals surface area contributed by atoms with Gasteiger partial charge < -0.3 is 4.90 Å². The van der Waals surface area contributed by atoms with Gasteiger partial charge in [0.1, 0.15) is 0 Å². The van der Waals surface area contributed by atoms with Gasteiger partial charge in [0.2, 0.25) is 0 Å². The molecule has 1 aromatic rings. The normalized spacial score (nSPS) is 32.7. The van der Waals surface area contributed by atoms with Gasteiger partial charge in [-0.25, -0.2) is 0 Å². The first-order chi connectivity index (χ1) is 9.13. The molecule has 2 heterocycles. The van der Waals surface area contributed by atoms with E-state index in [0.717, 1.165) is 0 Å². The SMILES string of the molecule is CC(C)N1CC[C@]2(c3ccccc3)CCN(C)[C@H]2C1. The lowest BCUT2D eigenvalue weighted by Gasteiger charge is -2.47. The molecule has 19 heavy (non-hydrogen) atoms. The zero-order valence-electron chi connectivity index (χ0n) is 12.5. The monoisotopic (exact) mass is 258 g/mol. The van der Waals surface area contributed by atoms with Crippen LogP contribution in [0.4, 0.5) is 0 Å². The van der Waals surface area contributed by atoms with Crippen LogP contribution in [-0.4, -0.2) is 48.6 Å². The van der Waals surface area contributed by atoms with Crippen molar-refractivity contribution in [2.75, 3.05) is 26.7 Å². The van der Waals surface area contributed by atoms with Crippen LogP contribution in [0, 0.1) is 0 Å². The summed E-state index contributed by atoms with van der Waals surface area (Å²) < 4.78 is 0. The van der Waals surface area contributed by atoms with Gasteiger partial charge in [0.05, 0.1) is 0 Å². The number of piperidine rings is 1. The van der Waals surface area contributed by atoms with Crippen molar-refractivity contribution < 1.29 is 0 Å². The van der Waals surface area contributed by atoms with Crippen molar-refractivity contribution in [3.8, 4) is 0 Å². The van der Waals surface area contributed by atoms with Crippen LogP contribution in [-0.2, 0) is 5.41 Å². The van der Waals surface area contributed by atoms with Gasteiger partial charge in [-0.3, -0.25) is 4.90 Å². The van der Waals surface area contributed by atoms with Crippen molar-refractivity contribution in [2.24, 2.45) is 0 Å². The molecule has 2 fully saturated rings. The minimum atomic E-state index is 0.404. The Hall–Kier alpha value is -0.860. The van der Waals surface area contributed by atoms with Gasteiger partial charge in [-0.15, -0.1) is 0 Å². The summed E-state index contributed by atoms with van der Waals surface area (Å²) in [4.78, 5) is 5.23. The maximum Gasteiger partial charge on any atom is 0.0317 e. The van der Waals surface area contributed by atoms with Crippen molar-refractivity contribution in [2.45, 2.75) is 44.2 Å². The summed E-state index contributed by atoms with van der Waals surface area (Å²) in [6.45, 7) is 8.36. The molecule has 2 nitrogen and oxygen atoms in total. The Balaban J connectivity index is 1.92. The molecule has 0 N–H and O–H groups in total. The van der Waals surface area contributed by atoms with Gasteiger partial charge in [0.25, 0.3) is 0 Å². The fraction of sp³-hybridized carbons (Fsp3) is 0.647. The van der Waals surface area contributed by atoms with Gasteiger partial charge in [-0.2, -0.15) is 0 Å². The molecule has 0 bridgehead atoms. The lowest BCUT2D eigenvalue weighted by atomic mass is 9.69. The zero-order chi connectivity index (χ0) is 13.5. The highest BCUT2D eigenvalue weighted by Crippen LogP contribution is 2.45. The van der Waals surface area contributed by atoms with E-state index in [4.69, 9.17) is 0 Å². The maximum absolute atomic E-state index is 2.65. The molecule has 0 radical (unpaired) electrons. The first kappa shape index (κ1) is 13.1. The topological polar surface area (TPSA) is 6.48 Å². The Morgan fingerprint density at radius 1 is 1.11 bits per heavy atom. The molecule has 2 atom stereocenters. The summed E-state index contributed by atoms with van der Waals surface area (Å²) in [5.41, 5.74) is 1.97. The summed E-state index contributed by atoms with van der Waals surface area (Å²) in [5, 5.41) is 0. The van der Waals surface area contributed by atoms with Crippen molar-refractivity contribution in [1.82, 2.24) is 9.80 Å². The molecule has 2 heteroatoms. The summed E-state index contributed by atoms with van der Waals surface area (Å²) >= 11 is 0. The predicted octanol–water partition coefficient (Wildman–Crippen LogP) is 2.74. The van der Waals surface area contributed by atoms with E-state index in [1.807, 2.05) is 0 Å². The van der Waals surface area contributed by atoms with Crippen LogP contribution in [0.15, 0.2) is 30.3 Å². The van der Waals surface area contributed by atoms with Gasteiger partial charge in [-0.1, -0.05) is 30.3 Å². The maximum atomic E-state index is 2.65. The molecule has 0 amide bonds. The van der Waals surface area contributed by atoms with E-state index in [1.54, 1.807) is 5.56 Å². The van der Waals surface area contributed by atoms with Gasteiger partial charge >= 0.3 is 0 Å². The summed E-state index contributed by atoms with van der Waals surface area (Å²) in [6, 6.07) is 12.6. The highest BCUT2D eigenvalue weighted by Gasteiger charge is 2.50. The number of likely N-dealkylation sites (tertiary alicyclic amines) is 2. The smallest absolute Gasteiger partial charge is 0.0317 e. The second kappa shape index (κ2) is 4.92. The van der Waals surface area contributed by atoms with Crippen molar-refractivity contribution in [3.05, 3.63) is 35.9 Å². The minimum Gasteiger partial charge on any atom is -0.301 e. The van der Waals surface area contributed by atoms with Crippen molar-refractivity contribution in [1.29, 1.82) is 0 Å². The third-order valence-corrected chi connectivity index (χ3v) is 5.41. The van der Waals surface area contributed by atoms with E-state index in [-0.39, 0.29) is 0 Å². The van der Waals surface area contributed by atoms with Crippen LogP contribution in [0.3, 0.4) is 0 Å². The Kier molecular flexibility index (Phi) is 3.40. The third-order valence-electron chi connectivity index (χ3n) is 5.41. The number of fused-ring (bicyclic) bond motifs is 1. The summed E-state index contributed by atoms with van der Waals surface area (Å²) in [6.07, 6.45) is 2.63. The first-order valence-electron chi connectivity index (χ1n) is 7.63. The molecule has 1 aromatic carbocycles. The largest absolute Gasteiger partial charge is 0.301 e. The van der Waals surface area contributed by atoms with Crippen molar-refractivity contribution in [3.63, 3.8) is 0 Å². The fourth-order valence-electron chi connectivity index (χ4n) is 4.10. The van der Waals surface area contributed by atoms with E-state index in [2.05, 4.69) is 61.0 Å². The Morgan fingerprint density at radius 2 is 1.79 bits per heavy atom. The van der Waals surface area contributed by atoms with Crippen LogP contribution in [0.5, 0.6) is 0 Å². The van der Waals surface area contributed by atoms with E-state index in [9.17, 15) is 0 Å². The summed E-state index contributed by atoms with van der Waals surface area (Å²) in [5.74, 6) is 0.